The van der Waals surface area contributed by atoms with E-state index in [1.165, 1.54) is 0 Å². The number of benzene rings is 1. The van der Waals surface area contributed by atoms with Crippen molar-refractivity contribution in [3.8, 4) is 10.6 Å². The summed E-state index contributed by atoms with van der Waals surface area (Å²) in [7, 11) is 0. The molecule has 3 rings (SSSR count). The van der Waals surface area contributed by atoms with Crippen LogP contribution in [0.3, 0.4) is 0 Å². The predicted octanol–water partition coefficient (Wildman–Crippen LogP) is 3.56. The van der Waals surface area contributed by atoms with Gasteiger partial charge in [-0.1, -0.05) is 18.2 Å². The van der Waals surface area contributed by atoms with E-state index < -0.39 is 0 Å². The van der Waals surface area contributed by atoms with Crippen LogP contribution in [-0.4, -0.2) is 4.98 Å². The summed E-state index contributed by atoms with van der Waals surface area (Å²) < 4.78 is 5.44. The Morgan fingerprint density at radius 1 is 1.21 bits per heavy atom. The van der Waals surface area contributed by atoms with Crippen LogP contribution in [0.5, 0.6) is 0 Å². The third-order valence-corrected chi connectivity index (χ3v) is 2.95. The van der Waals surface area contributed by atoms with Crippen molar-refractivity contribution >= 4 is 22.3 Å². The molecule has 0 N–H and O–H groups in total. The minimum atomic E-state index is 0.915. The van der Waals surface area contributed by atoms with Crippen molar-refractivity contribution < 1.29 is 4.42 Å². The molecule has 14 heavy (non-hydrogen) atoms. The zero-order valence-electron chi connectivity index (χ0n) is 7.31. The lowest BCUT2D eigenvalue weighted by Crippen LogP contribution is -1.70. The van der Waals surface area contributed by atoms with Gasteiger partial charge in [-0.3, -0.25) is 0 Å². The normalized spacial score (nSPS) is 10.9. The summed E-state index contributed by atoms with van der Waals surface area (Å²) in [6.45, 7) is 0. The SMILES string of the molecule is c1ccc2c(-c3nccs3)coc2c1. The Morgan fingerprint density at radius 3 is 3.00 bits per heavy atom. The summed E-state index contributed by atoms with van der Waals surface area (Å²) in [6, 6.07) is 7.99. The highest BCUT2D eigenvalue weighted by Crippen LogP contribution is 2.31. The first-order valence-electron chi connectivity index (χ1n) is 4.31. The van der Waals surface area contributed by atoms with Crippen LogP contribution in [0, 0.1) is 0 Å². The first-order chi connectivity index (χ1) is 6.95. The molecule has 2 heterocycles. The van der Waals surface area contributed by atoms with E-state index in [2.05, 4.69) is 11.1 Å². The molecular formula is C11H7NOS. The summed E-state index contributed by atoms with van der Waals surface area (Å²) in [5, 5.41) is 4.11. The summed E-state index contributed by atoms with van der Waals surface area (Å²) in [5.41, 5.74) is 1.99. The summed E-state index contributed by atoms with van der Waals surface area (Å²) in [5.74, 6) is 0. The Labute approximate surface area is 84.8 Å². The fourth-order valence-electron chi connectivity index (χ4n) is 1.50. The third-order valence-electron chi connectivity index (χ3n) is 2.14. The topological polar surface area (TPSA) is 26.0 Å². The van der Waals surface area contributed by atoms with E-state index in [4.69, 9.17) is 4.42 Å². The van der Waals surface area contributed by atoms with Crippen LogP contribution in [0.2, 0.25) is 0 Å². The van der Waals surface area contributed by atoms with E-state index in [9.17, 15) is 0 Å². The van der Waals surface area contributed by atoms with Gasteiger partial charge in [-0.2, -0.15) is 0 Å². The highest BCUT2D eigenvalue weighted by Gasteiger charge is 2.08. The molecule has 2 aromatic heterocycles. The smallest absolute Gasteiger partial charge is 0.134 e. The van der Waals surface area contributed by atoms with Crippen LogP contribution in [0.15, 0.2) is 46.5 Å². The maximum Gasteiger partial charge on any atom is 0.134 e. The number of fused-ring (bicyclic) bond motifs is 1. The lowest BCUT2D eigenvalue weighted by molar-refractivity contribution is 0.617. The fraction of sp³-hybridized carbons (Fsp3) is 0. The standard InChI is InChI=1S/C11H7NOS/c1-2-4-10-8(3-1)9(7-13-10)11-12-5-6-14-11/h1-7H. The Kier molecular flexibility index (Phi) is 1.64. The summed E-state index contributed by atoms with van der Waals surface area (Å²) in [6.07, 6.45) is 3.57. The minimum Gasteiger partial charge on any atom is -0.464 e. The van der Waals surface area contributed by atoms with Gasteiger partial charge in [0.25, 0.3) is 0 Å². The van der Waals surface area contributed by atoms with Crippen molar-refractivity contribution in [3.63, 3.8) is 0 Å². The number of nitrogens with zero attached hydrogens (tertiary/aromatic N) is 1. The number of para-hydroxylation sites is 1. The maximum absolute atomic E-state index is 5.44. The van der Waals surface area contributed by atoms with Crippen molar-refractivity contribution in [1.29, 1.82) is 0 Å². The third kappa shape index (κ3) is 1.06. The van der Waals surface area contributed by atoms with Gasteiger partial charge in [0.15, 0.2) is 0 Å². The molecule has 0 amide bonds. The van der Waals surface area contributed by atoms with E-state index in [0.717, 1.165) is 21.5 Å². The molecule has 0 aliphatic carbocycles. The van der Waals surface area contributed by atoms with Gasteiger partial charge >= 0.3 is 0 Å². The van der Waals surface area contributed by atoms with Crippen molar-refractivity contribution in [2.75, 3.05) is 0 Å². The van der Waals surface area contributed by atoms with Gasteiger partial charge in [0.05, 0.1) is 5.56 Å². The van der Waals surface area contributed by atoms with Crippen LogP contribution >= 0.6 is 11.3 Å². The number of thiazole rings is 1. The molecule has 68 valence electrons. The molecule has 0 bridgehead atoms. The van der Waals surface area contributed by atoms with Gasteiger partial charge in [0.1, 0.15) is 16.9 Å². The number of rotatable bonds is 1. The van der Waals surface area contributed by atoms with E-state index in [-0.39, 0.29) is 0 Å². The molecule has 0 radical (unpaired) electrons. The maximum atomic E-state index is 5.44. The quantitative estimate of drug-likeness (QED) is 0.601. The molecule has 0 atom stereocenters. The van der Waals surface area contributed by atoms with Crippen LogP contribution in [0.4, 0.5) is 0 Å². The lowest BCUT2D eigenvalue weighted by atomic mass is 10.2. The van der Waals surface area contributed by atoms with Crippen molar-refractivity contribution in [2.24, 2.45) is 0 Å². The number of aromatic nitrogens is 1. The number of hydrogen-bond donors (Lipinski definition) is 0. The zero-order valence-corrected chi connectivity index (χ0v) is 8.12. The average Bonchev–Trinajstić information content (AvgIpc) is 2.85. The molecule has 2 nitrogen and oxygen atoms in total. The second-order valence-electron chi connectivity index (χ2n) is 2.98. The molecule has 3 aromatic rings. The number of hydrogen-bond acceptors (Lipinski definition) is 3. The second-order valence-corrected chi connectivity index (χ2v) is 3.88. The molecule has 0 spiro atoms. The Bertz CT molecular complexity index is 553. The highest BCUT2D eigenvalue weighted by molar-refractivity contribution is 7.13. The lowest BCUT2D eigenvalue weighted by Gasteiger charge is -1.90. The Hall–Kier alpha value is -1.61. The average molecular weight is 201 g/mol. The van der Waals surface area contributed by atoms with Crippen LogP contribution in [0.25, 0.3) is 21.5 Å². The van der Waals surface area contributed by atoms with Gasteiger partial charge < -0.3 is 4.42 Å². The second kappa shape index (κ2) is 2.96. The van der Waals surface area contributed by atoms with E-state index in [1.807, 2.05) is 29.8 Å². The Balaban J connectivity index is 2.33. The summed E-state index contributed by atoms with van der Waals surface area (Å²) in [4.78, 5) is 4.27. The van der Waals surface area contributed by atoms with E-state index in [1.54, 1.807) is 17.6 Å². The molecule has 0 aliphatic heterocycles. The largest absolute Gasteiger partial charge is 0.464 e. The van der Waals surface area contributed by atoms with Gasteiger partial charge in [-0.25, -0.2) is 4.98 Å². The molecule has 0 saturated heterocycles. The van der Waals surface area contributed by atoms with Crippen molar-refractivity contribution in [3.05, 3.63) is 42.1 Å². The fourth-order valence-corrected chi connectivity index (χ4v) is 2.16. The van der Waals surface area contributed by atoms with Crippen LogP contribution < -0.4 is 0 Å². The first-order valence-corrected chi connectivity index (χ1v) is 5.19. The zero-order chi connectivity index (χ0) is 9.38. The predicted molar refractivity (Wildman–Crippen MR) is 57.3 cm³/mol. The van der Waals surface area contributed by atoms with Crippen molar-refractivity contribution in [1.82, 2.24) is 4.98 Å². The van der Waals surface area contributed by atoms with Crippen LogP contribution in [0.1, 0.15) is 0 Å². The Morgan fingerprint density at radius 2 is 2.14 bits per heavy atom. The van der Waals surface area contributed by atoms with Crippen LogP contribution in [-0.2, 0) is 0 Å². The first kappa shape index (κ1) is 7.76. The van der Waals surface area contributed by atoms with Gasteiger partial charge in [-0.15, -0.1) is 11.3 Å². The van der Waals surface area contributed by atoms with E-state index >= 15 is 0 Å². The summed E-state index contributed by atoms with van der Waals surface area (Å²) >= 11 is 1.62. The number of furan rings is 1. The molecule has 0 unspecified atom stereocenters. The molecule has 3 heteroatoms. The monoisotopic (exact) mass is 201 g/mol. The molecule has 0 saturated carbocycles. The van der Waals surface area contributed by atoms with Gasteiger partial charge in [0, 0.05) is 17.0 Å². The molecule has 1 aromatic carbocycles. The van der Waals surface area contributed by atoms with E-state index in [0.29, 0.717) is 0 Å². The molecular weight excluding hydrogens is 194 g/mol. The molecule has 0 aliphatic rings. The highest BCUT2D eigenvalue weighted by atomic mass is 32.1. The minimum absolute atomic E-state index is 0.915. The van der Waals surface area contributed by atoms with Gasteiger partial charge in [-0.05, 0) is 6.07 Å². The van der Waals surface area contributed by atoms with Gasteiger partial charge in [0.2, 0.25) is 0 Å². The molecule has 0 fully saturated rings. The van der Waals surface area contributed by atoms with Crippen molar-refractivity contribution in [2.45, 2.75) is 0 Å².